The number of rotatable bonds is 6. The second-order valence-corrected chi connectivity index (χ2v) is 8.60. The number of esters is 1. The molecule has 0 saturated carbocycles. The topological polar surface area (TPSA) is 46.6 Å². The van der Waals surface area contributed by atoms with Crippen LogP contribution in [0.5, 0.6) is 0 Å². The SMILES string of the molecule is CCC1SCC(C(=O)OCC(C)C)N1C(=O)c1ccc(-c2ccccc2)cc1. The molecule has 1 fully saturated rings. The summed E-state index contributed by atoms with van der Waals surface area (Å²) >= 11 is 1.65. The molecule has 1 aliphatic heterocycles. The molecule has 4 nitrogen and oxygen atoms in total. The van der Waals surface area contributed by atoms with E-state index in [0.717, 1.165) is 17.5 Å². The molecule has 0 aromatic heterocycles. The van der Waals surface area contributed by atoms with E-state index in [0.29, 0.717) is 17.9 Å². The maximum absolute atomic E-state index is 13.2. The van der Waals surface area contributed by atoms with Crippen molar-refractivity contribution < 1.29 is 14.3 Å². The van der Waals surface area contributed by atoms with E-state index in [1.807, 2.05) is 75.4 Å². The molecule has 1 saturated heterocycles. The quantitative estimate of drug-likeness (QED) is 0.654. The number of nitrogens with zero attached hydrogens (tertiary/aromatic N) is 1. The van der Waals surface area contributed by atoms with Crippen molar-refractivity contribution in [1.29, 1.82) is 0 Å². The zero-order chi connectivity index (χ0) is 20.1. The van der Waals surface area contributed by atoms with E-state index in [1.165, 1.54) is 0 Å². The summed E-state index contributed by atoms with van der Waals surface area (Å²) in [6, 6.07) is 17.1. The van der Waals surface area contributed by atoms with E-state index in [-0.39, 0.29) is 23.2 Å². The first-order valence-corrected chi connectivity index (χ1v) is 10.8. The molecule has 3 rings (SSSR count). The lowest BCUT2D eigenvalue weighted by molar-refractivity contribution is -0.149. The fourth-order valence-electron chi connectivity index (χ4n) is 3.26. The highest BCUT2D eigenvalue weighted by atomic mass is 32.2. The molecule has 2 aromatic carbocycles. The third-order valence-corrected chi connectivity index (χ3v) is 6.20. The van der Waals surface area contributed by atoms with Gasteiger partial charge in [-0.05, 0) is 35.6 Å². The summed E-state index contributed by atoms with van der Waals surface area (Å²) in [5.41, 5.74) is 2.77. The Kier molecular flexibility index (Phi) is 6.79. The number of thioether (sulfide) groups is 1. The maximum Gasteiger partial charge on any atom is 0.329 e. The maximum atomic E-state index is 13.2. The molecule has 28 heavy (non-hydrogen) atoms. The summed E-state index contributed by atoms with van der Waals surface area (Å²) in [5, 5.41) is -0.00194. The van der Waals surface area contributed by atoms with Gasteiger partial charge in [-0.25, -0.2) is 4.79 Å². The van der Waals surface area contributed by atoms with Crippen LogP contribution in [0, 0.1) is 5.92 Å². The average molecular weight is 398 g/mol. The molecule has 2 unspecified atom stereocenters. The van der Waals surface area contributed by atoms with Gasteiger partial charge in [0.05, 0.1) is 12.0 Å². The zero-order valence-electron chi connectivity index (χ0n) is 16.6. The van der Waals surface area contributed by atoms with E-state index in [4.69, 9.17) is 4.74 Å². The molecule has 0 N–H and O–H groups in total. The van der Waals surface area contributed by atoms with E-state index in [9.17, 15) is 9.59 Å². The van der Waals surface area contributed by atoms with Gasteiger partial charge in [-0.15, -0.1) is 11.8 Å². The standard InChI is InChI=1S/C23H27NO3S/c1-4-21-24(20(15-28-21)23(26)27-14-16(2)3)22(25)19-12-10-18(11-13-19)17-8-6-5-7-9-17/h5-13,16,20-21H,4,14-15H2,1-3H3. The second kappa shape index (κ2) is 9.28. The molecule has 2 atom stereocenters. The van der Waals surface area contributed by atoms with Crippen LogP contribution in [-0.2, 0) is 9.53 Å². The number of carbonyl (C=O) groups excluding carboxylic acids is 2. The lowest BCUT2D eigenvalue weighted by atomic mass is 10.0. The number of amides is 1. The Labute approximate surface area is 171 Å². The molecule has 0 aliphatic carbocycles. The van der Waals surface area contributed by atoms with Crippen molar-refractivity contribution in [2.45, 2.75) is 38.6 Å². The van der Waals surface area contributed by atoms with Gasteiger partial charge in [0.2, 0.25) is 0 Å². The monoisotopic (exact) mass is 397 g/mol. The Balaban J connectivity index is 1.78. The number of carbonyl (C=O) groups is 2. The molecule has 1 amide bonds. The van der Waals surface area contributed by atoms with Gasteiger partial charge >= 0.3 is 5.97 Å². The summed E-state index contributed by atoms with van der Waals surface area (Å²) in [6.45, 7) is 6.42. The molecule has 1 heterocycles. The Bertz CT molecular complexity index is 804. The summed E-state index contributed by atoms with van der Waals surface area (Å²) in [6.07, 6.45) is 0.798. The number of benzene rings is 2. The van der Waals surface area contributed by atoms with Gasteiger partial charge in [-0.2, -0.15) is 0 Å². The van der Waals surface area contributed by atoms with Crippen molar-refractivity contribution >= 4 is 23.6 Å². The first kappa shape index (κ1) is 20.5. The highest BCUT2D eigenvalue weighted by molar-refractivity contribution is 8.00. The first-order valence-electron chi connectivity index (χ1n) is 9.77. The van der Waals surface area contributed by atoms with E-state index < -0.39 is 6.04 Å². The predicted molar refractivity (Wildman–Crippen MR) is 114 cm³/mol. The molecule has 5 heteroatoms. The fourth-order valence-corrected chi connectivity index (χ4v) is 4.60. The van der Waals surface area contributed by atoms with E-state index in [1.54, 1.807) is 16.7 Å². The summed E-state index contributed by atoms with van der Waals surface area (Å²) in [4.78, 5) is 27.5. The van der Waals surface area contributed by atoms with Gasteiger partial charge < -0.3 is 9.64 Å². The highest BCUT2D eigenvalue weighted by Crippen LogP contribution is 2.33. The van der Waals surface area contributed by atoms with Gasteiger partial charge in [0, 0.05) is 11.3 Å². The zero-order valence-corrected chi connectivity index (χ0v) is 17.4. The minimum atomic E-state index is -0.519. The lowest BCUT2D eigenvalue weighted by Gasteiger charge is -2.28. The van der Waals surface area contributed by atoms with Crippen LogP contribution in [0.3, 0.4) is 0 Å². The first-order chi connectivity index (χ1) is 13.5. The van der Waals surface area contributed by atoms with Crippen LogP contribution >= 0.6 is 11.8 Å². The van der Waals surface area contributed by atoms with Crippen LogP contribution < -0.4 is 0 Å². The van der Waals surface area contributed by atoms with Crippen LogP contribution in [0.15, 0.2) is 54.6 Å². The molecule has 0 spiro atoms. The summed E-state index contributed by atoms with van der Waals surface area (Å²) in [5.74, 6) is 0.451. The fraction of sp³-hybridized carbons (Fsp3) is 0.391. The molecule has 0 radical (unpaired) electrons. The Morgan fingerprint density at radius 3 is 2.32 bits per heavy atom. The van der Waals surface area contributed by atoms with Crippen LogP contribution in [0.25, 0.3) is 11.1 Å². The van der Waals surface area contributed by atoms with Crippen molar-refractivity contribution in [2.24, 2.45) is 5.92 Å². The summed E-state index contributed by atoms with van der Waals surface area (Å²) < 4.78 is 5.43. The van der Waals surface area contributed by atoms with Gasteiger partial charge in [0.25, 0.3) is 5.91 Å². The van der Waals surface area contributed by atoms with E-state index in [2.05, 4.69) is 0 Å². The lowest BCUT2D eigenvalue weighted by Crippen LogP contribution is -2.46. The number of hydrogen-bond donors (Lipinski definition) is 0. The Morgan fingerprint density at radius 2 is 1.71 bits per heavy atom. The molecular formula is C23H27NO3S. The van der Waals surface area contributed by atoms with Gasteiger partial charge in [-0.1, -0.05) is 63.2 Å². The van der Waals surface area contributed by atoms with Gasteiger partial charge in [0.15, 0.2) is 0 Å². The second-order valence-electron chi connectivity index (χ2n) is 7.39. The largest absolute Gasteiger partial charge is 0.464 e. The summed E-state index contributed by atoms with van der Waals surface area (Å²) in [7, 11) is 0. The van der Waals surface area contributed by atoms with Crippen molar-refractivity contribution in [1.82, 2.24) is 4.90 Å². The van der Waals surface area contributed by atoms with Crippen molar-refractivity contribution in [3.63, 3.8) is 0 Å². The molecular weight excluding hydrogens is 370 g/mol. The van der Waals surface area contributed by atoms with E-state index >= 15 is 0 Å². The molecule has 1 aliphatic rings. The van der Waals surface area contributed by atoms with Gasteiger partial charge in [-0.3, -0.25) is 4.79 Å². The smallest absolute Gasteiger partial charge is 0.329 e. The number of ether oxygens (including phenoxy) is 1. The van der Waals surface area contributed by atoms with Gasteiger partial charge in [0.1, 0.15) is 6.04 Å². The minimum Gasteiger partial charge on any atom is -0.464 e. The van der Waals surface area contributed by atoms with Crippen molar-refractivity contribution in [2.75, 3.05) is 12.4 Å². The Hall–Kier alpha value is -2.27. The van der Waals surface area contributed by atoms with Crippen LogP contribution in [0.2, 0.25) is 0 Å². The minimum absolute atomic E-state index is 0.00194. The molecule has 2 aromatic rings. The normalized spacial score (nSPS) is 19.1. The third-order valence-electron chi connectivity index (χ3n) is 4.75. The number of hydrogen-bond acceptors (Lipinski definition) is 4. The average Bonchev–Trinajstić information content (AvgIpc) is 3.16. The predicted octanol–water partition coefficient (Wildman–Crippen LogP) is 4.85. The molecule has 0 bridgehead atoms. The third kappa shape index (κ3) is 4.58. The molecule has 148 valence electrons. The van der Waals surface area contributed by atoms with Crippen LogP contribution in [0.4, 0.5) is 0 Å². The van der Waals surface area contributed by atoms with Crippen LogP contribution in [0.1, 0.15) is 37.6 Å². The van der Waals surface area contributed by atoms with Crippen molar-refractivity contribution in [3.05, 3.63) is 60.2 Å². The Morgan fingerprint density at radius 1 is 1.07 bits per heavy atom. The van der Waals surface area contributed by atoms with Crippen molar-refractivity contribution in [3.8, 4) is 11.1 Å². The highest BCUT2D eigenvalue weighted by Gasteiger charge is 2.42. The van der Waals surface area contributed by atoms with Crippen LogP contribution in [-0.4, -0.2) is 40.6 Å².